The number of rotatable bonds is 3. The third-order valence-electron chi connectivity index (χ3n) is 3.14. The number of carboxylic acid groups (broad SMARTS) is 1. The Balaban J connectivity index is 0.00000180. The zero-order valence-corrected chi connectivity index (χ0v) is 11.0. The Morgan fingerprint density at radius 1 is 1.05 bits per heavy atom. The maximum atomic E-state index is 11.3. The first kappa shape index (κ1) is 14.9. The summed E-state index contributed by atoms with van der Waals surface area (Å²) in [6.07, 6.45) is 0. The van der Waals surface area contributed by atoms with Gasteiger partial charge in [-0.2, -0.15) is 0 Å². The first-order valence-corrected chi connectivity index (χ1v) is 5.76. The van der Waals surface area contributed by atoms with Crippen molar-refractivity contribution < 1.29 is 14.7 Å². The Morgan fingerprint density at radius 3 is 2.21 bits per heavy atom. The van der Waals surface area contributed by atoms with Gasteiger partial charge in [0.05, 0.1) is 5.92 Å². The zero-order valence-electron chi connectivity index (χ0n) is 11.0. The monoisotopic (exact) mass is 259 g/mol. The maximum Gasteiger partial charge on any atom is 0.310 e. The van der Waals surface area contributed by atoms with Crippen LogP contribution in [-0.4, -0.2) is 16.9 Å². The number of fused-ring (bicyclic) bond motifs is 1. The number of hydrogen-bond acceptors (Lipinski definition) is 3. The molecule has 1 unspecified atom stereocenters. The summed E-state index contributed by atoms with van der Waals surface area (Å²) in [4.78, 5) is 22.2. The third kappa shape index (κ3) is 2.98. The first-order valence-electron chi connectivity index (χ1n) is 5.76. The van der Waals surface area contributed by atoms with Gasteiger partial charge in [0, 0.05) is 5.56 Å². The van der Waals surface area contributed by atoms with Crippen LogP contribution in [0, 0.1) is 0 Å². The highest BCUT2D eigenvalue weighted by molar-refractivity contribution is 5.98. The van der Waals surface area contributed by atoms with Crippen molar-refractivity contribution in [3.05, 3.63) is 47.5 Å². The summed E-state index contributed by atoms with van der Waals surface area (Å²) >= 11 is 0. The Labute approximate surface area is 111 Å². The molecule has 0 saturated heterocycles. The van der Waals surface area contributed by atoms with Crippen molar-refractivity contribution in [2.75, 3.05) is 0 Å². The van der Waals surface area contributed by atoms with Gasteiger partial charge in [-0.25, -0.2) is 0 Å². The van der Waals surface area contributed by atoms with Crippen molar-refractivity contribution in [2.45, 2.75) is 19.8 Å². The van der Waals surface area contributed by atoms with Crippen molar-refractivity contribution in [1.82, 2.24) is 6.15 Å². The number of ketones is 1. The maximum absolute atomic E-state index is 11.3. The number of Topliss-reactive ketones (excluding diaryl/α,β-unsaturated/α-hetero) is 1. The molecule has 4 nitrogen and oxygen atoms in total. The van der Waals surface area contributed by atoms with Gasteiger partial charge < -0.3 is 11.3 Å². The molecule has 0 radical (unpaired) electrons. The average molecular weight is 259 g/mol. The van der Waals surface area contributed by atoms with Gasteiger partial charge in [-0.05, 0) is 36.2 Å². The van der Waals surface area contributed by atoms with Gasteiger partial charge in [0.15, 0.2) is 5.78 Å². The van der Waals surface area contributed by atoms with Crippen LogP contribution in [-0.2, 0) is 4.79 Å². The van der Waals surface area contributed by atoms with Crippen LogP contribution in [0.4, 0.5) is 0 Å². The van der Waals surface area contributed by atoms with Crippen LogP contribution in [0.3, 0.4) is 0 Å². The van der Waals surface area contributed by atoms with E-state index in [0.717, 1.165) is 16.3 Å². The van der Waals surface area contributed by atoms with Gasteiger partial charge in [-0.15, -0.1) is 0 Å². The van der Waals surface area contributed by atoms with Crippen LogP contribution < -0.4 is 6.15 Å². The van der Waals surface area contributed by atoms with Crippen LogP contribution in [0.25, 0.3) is 10.8 Å². The Morgan fingerprint density at radius 2 is 1.63 bits per heavy atom. The van der Waals surface area contributed by atoms with Crippen molar-refractivity contribution in [1.29, 1.82) is 0 Å². The predicted molar refractivity (Wildman–Crippen MR) is 75.0 cm³/mol. The molecule has 0 amide bonds. The molecule has 100 valence electrons. The van der Waals surface area contributed by atoms with E-state index in [-0.39, 0.29) is 11.9 Å². The van der Waals surface area contributed by atoms with Crippen LogP contribution >= 0.6 is 0 Å². The molecule has 0 bridgehead atoms. The highest BCUT2D eigenvalue weighted by atomic mass is 16.4. The first-order chi connectivity index (χ1) is 8.49. The Bertz CT molecular complexity index is 634. The minimum Gasteiger partial charge on any atom is -0.481 e. The second-order valence-corrected chi connectivity index (χ2v) is 4.44. The SMILES string of the molecule is CC(=O)c1ccc2cc(C(C)C(=O)O)ccc2c1.N. The zero-order chi connectivity index (χ0) is 13.3. The lowest BCUT2D eigenvalue weighted by molar-refractivity contribution is -0.138. The predicted octanol–water partition coefficient (Wildman–Crippen LogP) is 3.39. The molecule has 0 fully saturated rings. The topological polar surface area (TPSA) is 89.4 Å². The molecule has 4 heteroatoms. The summed E-state index contributed by atoms with van der Waals surface area (Å²) in [6, 6.07) is 11.0. The minimum absolute atomic E-state index is 0. The van der Waals surface area contributed by atoms with Gasteiger partial charge in [0.2, 0.25) is 0 Å². The number of hydrogen-bond donors (Lipinski definition) is 2. The Kier molecular flexibility index (Phi) is 4.40. The number of aliphatic carboxylic acids is 1. The van der Waals surface area contributed by atoms with E-state index in [0.29, 0.717) is 5.56 Å². The molecule has 0 heterocycles. The molecule has 2 rings (SSSR count). The highest BCUT2D eigenvalue weighted by Crippen LogP contribution is 2.23. The van der Waals surface area contributed by atoms with Gasteiger partial charge in [0.25, 0.3) is 0 Å². The Hall–Kier alpha value is -2.20. The van der Waals surface area contributed by atoms with Crippen molar-refractivity contribution in [3.8, 4) is 0 Å². The van der Waals surface area contributed by atoms with Crippen LogP contribution in [0.1, 0.15) is 35.7 Å². The van der Waals surface area contributed by atoms with Gasteiger partial charge in [0.1, 0.15) is 0 Å². The molecule has 0 spiro atoms. The fraction of sp³-hybridized carbons (Fsp3) is 0.200. The van der Waals surface area contributed by atoms with Gasteiger partial charge in [-0.1, -0.05) is 30.3 Å². The molecular weight excluding hydrogens is 242 g/mol. The summed E-state index contributed by atoms with van der Waals surface area (Å²) in [5.41, 5.74) is 1.44. The molecule has 0 aliphatic heterocycles. The third-order valence-corrected chi connectivity index (χ3v) is 3.14. The van der Waals surface area contributed by atoms with Crippen molar-refractivity contribution in [2.24, 2.45) is 0 Å². The van der Waals surface area contributed by atoms with Gasteiger partial charge >= 0.3 is 5.97 Å². The fourth-order valence-corrected chi connectivity index (χ4v) is 1.90. The molecule has 19 heavy (non-hydrogen) atoms. The number of carboxylic acids is 1. The summed E-state index contributed by atoms with van der Waals surface area (Å²) in [5.74, 6) is -1.34. The largest absolute Gasteiger partial charge is 0.481 e. The van der Waals surface area contributed by atoms with E-state index in [4.69, 9.17) is 5.11 Å². The van der Waals surface area contributed by atoms with Crippen LogP contribution in [0.5, 0.6) is 0 Å². The van der Waals surface area contributed by atoms with E-state index in [1.54, 1.807) is 19.1 Å². The molecule has 1 atom stereocenters. The van der Waals surface area contributed by atoms with E-state index in [2.05, 4.69) is 0 Å². The average Bonchev–Trinajstić information content (AvgIpc) is 2.36. The summed E-state index contributed by atoms with van der Waals surface area (Å²) < 4.78 is 0. The molecular formula is C15H17NO3. The lowest BCUT2D eigenvalue weighted by Gasteiger charge is -2.08. The van der Waals surface area contributed by atoms with E-state index < -0.39 is 11.9 Å². The quantitative estimate of drug-likeness (QED) is 0.827. The molecule has 0 aliphatic carbocycles. The smallest absolute Gasteiger partial charge is 0.310 e. The standard InChI is InChI=1S/C15H14O3.H3N/c1-9(15(17)18)11-3-5-14-8-12(10(2)16)4-6-13(14)7-11;/h3-9H,1-2H3,(H,17,18);1H3. The lowest BCUT2D eigenvalue weighted by atomic mass is 9.96. The molecule has 0 aliphatic rings. The number of benzene rings is 2. The summed E-state index contributed by atoms with van der Waals surface area (Å²) in [7, 11) is 0. The van der Waals surface area contributed by atoms with Crippen molar-refractivity contribution >= 4 is 22.5 Å². The number of carbonyl (C=O) groups excluding carboxylic acids is 1. The summed E-state index contributed by atoms with van der Waals surface area (Å²) in [6.45, 7) is 3.19. The molecule has 0 saturated carbocycles. The van der Waals surface area contributed by atoms with E-state index in [1.165, 1.54) is 6.92 Å². The van der Waals surface area contributed by atoms with Gasteiger partial charge in [-0.3, -0.25) is 9.59 Å². The molecule has 4 N–H and O–H groups in total. The lowest BCUT2D eigenvalue weighted by Crippen LogP contribution is -2.07. The second-order valence-electron chi connectivity index (χ2n) is 4.44. The molecule has 2 aromatic carbocycles. The minimum atomic E-state index is -0.838. The molecule has 0 aromatic heterocycles. The second kappa shape index (κ2) is 5.63. The van der Waals surface area contributed by atoms with Crippen LogP contribution in [0.2, 0.25) is 0 Å². The van der Waals surface area contributed by atoms with E-state index in [1.807, 2.05) is 24.3 Å². The molecule has 2 aromatic rings. The van der Waals surface area contributed by atoms with E-state index >= 15 is 0 Å². The van der Waals surface area contributed by atoms with E-state index in [9.17, 15) is 9.59 Å². The van der Waals surface area contributed by atoms with Crippen LogP contribution in [0.15, 0.2) is 36.4 Å². The highest BCUT2D eigenvalue weighted by Gasteiger charge is 2.13. The summed E-state index contributed by atoms with van der Waals surface area (Å²) in [5, 5.41) is 10.9. The van der Waals surface area contributed by atoms with Crippen molar-refractivity contribution in [3.63, 3.8) is 0 Å². The fourth-order valence-electron chi connectivity index (χ4n) is 1.90. The number of carbonyl (C=O) groups is 2. The normalized spacial score (nSPS) is 11.7.